The summed E-state index contributed by atoms with van der Waals surface area (Å²) < 4.78 is 6.02. The van der Waals surface area contributed by atoms with Gasteiger partial charge in [-0.3, -0.25) is 0 Å². The Morgan fingerprint density at radius 2 is 0.978 bits per heavy atom. The molecule has 7 aromatic carbocycles. The molecule has 1 unspecified atom stereocenters. The summed E-state index contributed by atoms with van der Waals surface area (Å²) >= 11 is 0. The second-order valence-corrected chi connectivity index (χ2v) is 12.1. The van der Waals surface area contributed by atoms with Crippen molar-refractivity contribution in [1.82, 2.24) is 0 Å². The van der Waals surface area contributed by atoms with Crippen LogP contribution >= 0.6 is 0 Å². The van der Waals surface area contributed by atoms with Crippen LogP contribution in [0.4, 0.5) is 0 Å². The molecule has 1 heterocycles. The maximum absolute atomic E-state index is 6.02. The highest BCUT2D eigenvalue weighted by molar-refractivity contribution is 6.06. The lowest BCUT2D eigenvalue weighted by Gasteiger charge is -2.14. The zero-order chi connectivity index (χ0) is 29.7. The standard InChI is InChI=1S/C44H30O/c1-2-8-33(9-3-1)44-38-12-5-4-10-36(38)40-27-34(22-24-39(40)44)31-18-14-29(15-19-31)26-30-16-20-32(21-17-30)35-23-25-43-41(28-35)37-11-6-7-13-42(37)45-43/h1-25,27-28,44H,26H2. The first-order chi connectivity index (χ1) is 22.3. The van der Waals surface area contributed by atoms with Gasteiger partial charge in [0, 0.05) is 16.7 Å². The van der Waals surface area contributed by atoms with E-state index in [9.17, 15) is 0 Å². The molecule has 1 aliphatic rings. The topological polar surface area (TPSA) is 13.1 Å². The van der Waals surface area contributed by atoms with Gasteiger partial charge in [-0.15, -0.1) is 0 Å². The van der Waals surface area contributed by atoms with Crippen molar-refractivity contribution in [3.8, 4) is 33.4 Å². The molecule has 0 amide bonds. The van der Waals surface area contributed by atoms with Crippen molar-refractivity contribution in [2.75, 3.05) is 0 Å². The summed E-state index contributed by atoms with van der Waals surface area (Å²) in [7, 11) is 0. The summed E-state index contributed by atoms with van der Waals surface area (Å²) in [6, 6.07) is 59.5. The van der Waals surface area contributed by atoms with E-state index in [1.54, 1.807) is 0 Å². The van der Waals surface area contributed by atoms with Crippen molar-refractivity contribution in [2.45, 2.75) is 12.3 Å². The van der Waals surface area contributed by atoms with Crippen molar-refractivity contribution in [3.05, 3.63) is 192 Å². The number of fused-ring (bicyclic) bond motifs is 6. The molecular weight excluding hydrogens is 544 g/mol. The average Bonchev–Trinajstić information content (AvgIpc) is 3.64. The molecule has 8 aromatic rings. The van der Waals surface area contributed by atoms with Crippen molar-refractivity contribution >= 4 is 21.9 Å². The number of rotatable bonds is 5. The van der Waals surface area contributed by atoms with Crippen LogP contribution in [-0.2, 0) is 6.42 Å². The highest BCUT2D eigenvalue weighted by Gasteiger charge is 2.29. The van der Waals surface area contributed by atoms with E-state index in [2.05, 4.69) is 152 Å². The number of benzene rings is 7. The summed E-state index contributed by atoms with van der Waals surface area (Å²) in [6.07, 6.45) is 0.905. The van der Waals surface area contributed by atoms with Crippen LogP contribution in [0, 0.1) is 0 Å². The van der Waals surface area contributed by atoms with E-state index in [1.165, 1.54) is 61.2 Å². The number of furan rings is 1. The van der Waals surface area contributed by atoms with Gasteiger partial charge in [-0.1, -0.05) is 140 Å². The molecule has 0 fully saturated rings. The normalized spacial score (nSPS) is 13.6. The molecule has 0 spiro atoms. The molecule has 0 saturated carbocycles. The lowest BCUT2D eigenvalue weighted by Crippen LogP contribution is -1.98. The van der Waals surface area contributed by atoms with E-state index in [0.717, 1.165) is 28.4 Å². The Morgan fingerprint density at radius 3 is 1.76 bits per heavy atom. The van der Waals surface area contributed by atoms with Crippen molar-refractivity contribution in [2.24, 2.45) is 0 Å². The first kappa shape index (κ1) is 25.8. The monoisotopic (exact) mass is 574 g/mol. The van der Waals surface area contributed by atoms with Gasteiger partial charge < -0.3 is 4.42 Å². The van der Waals surface area contributed by atoms with E-state index < -0.39 is 0 Å². The third kappa shape index (κ3) is 4.48. The van der Waals surface area contributed by atoms with Crippen molar-refractivity contribution < 1.29 is 4.42 Å². The zero-order valence-corrected chi connectivity index (χ0v) is 24.8. The van der Waals surface area contributed by atoms with Gasteiger partial charge in [-0.25, -0.2) is 0 Å². The molecule has 0 N–H and O–H groups in total. The Labute approximate surface area is 263 Å². The van der Waals surface area contributed by atoms with Crippen molar-refractivity contribution in [3.63, 3.8) is 0 Å². The van der Waals surface area contributed by atoms with Crippen LogP contribution in [0.1, 0.15) is 33.7 Å². The molecule has 212 valence electrons. The first-order valence-electron chi connectivity index (χ1n) is 15.7. The van der Waals surface area contributed by atoms with Gasteiger partial charge in [0.2, 0.25) is 0 Å². The van der Waals surface area contributed by atoms with Crippen LogP contribution in [0.5, 0.6) is 0 Å². The van der Waals surface area contributed by atoms with Crippen LogP contribution in [0.25, 0.3) is 55.3 Å². The number of para-hydroxylation sites is 1. The Hall–Kier alpha value is -5.66. The summed E-state index contributed by atoms with van der Waals surface area (Å²) in [5.41, 5.74) is 16.3. The van der Waals surface area contributed by atoms with E-state index >= 15 is 0 Å². The lowest BCUT2D eigenvalue weighted by molar-refractivity contribution is 0.669. The van der Waals surface area contributed by atoms with Crippen LogP contribution in [0.3, 0.4) is 0 Å². The second kappa shape index (κ2) is 10.5. The molecule has 0 aliphatic heterocycles. The molecular formula is C44H30O. The van der Waals surface area contributed by atoms with Crippen LogP contribution in [0.15, 0.2) is 168 Å². The Balaban J connectivity index is 0.957. The van der Waals surface area contributed by atoms with E-state index in [0.29, 0.717) is 0 Å². The van der Waals surface area contributed by atoms with Crippen molar-refractivity contribution in [1.29, 1.82) is 0 Å². The molecule has 1 atom stereocenters. The molecule has 0 bridgehead atoms. The molecule has 1 aliphatic carbocycles. The van der Waals surface area contributed by atoms with Gasteiger partial charge in [0.1, 0.15) is 11.2 Å². The summed E-state index contributed by atoms with van der Waals surface area (Å²) in [5, 5.41) is 2.33. The highest BCUT2D eigenvalue weighted by atomic mass is 16.3. The molecule has 45 heavy (non-hydrogen) atoms. The maximum Gasteiger partial charge on any atom is 0.135 e. The minimum atomic E-state index is 0.286. The third-order valence-corrected chi connectivity index (χ3v) is 9.42. The third-order valence-electron chi connectivity index (χ3n) is 9.42. The quantitative estimate of drug-likeness (QED) is 0.199. The Kier molecular flexibility index (Phi) is 6.02. The zero-order valence-electron chi connectivity index (χ0n) is 24.8. The van der Waals surface area contributed by atoms with Crippen LogP contribution in [-0.4, -0.2) is 0 Å². The summed E-state index contributed by atoms with van der Waals surface area (Å²) in [5.74, 6) is 0.286. The Bertz CT molecular complexity index is 2320. The SMILES string of the molecule is c1ccc(C2c3ccccc3-c3cc(-c4ccc(Cc5ccc(-c6ccc7oc8ccccc8c7c6)cc5)cc4)ccc32)cc1. The number of hydrogen-bond donors (Lipinski definition) is 0. The first-order valence-corrected chi connectivity index (χ1v) is 15.7. The van der Waals surface area contributed by atoms with E-state index in [1.807, 2.05) is 12.1 Å². The van der Waals surface area contributed by atoms with Gasteiger partial charge in [-0.2, -0.15) is 0 Å². The summed E-state index contributed by atoms with van der Waals surface area (Å²) in [6.45, 7) is 0. The predicted molar refractivity (Wildman–Crippen MR) is 187 cm³/mol. The minimum absolute atomic E-state index is 0.286. The van der Waals surface area contributed by atoms with Gasteiger partial charge in [0.25, 0.3) is 0 Å². The fraction of sp³-hybridized carbons (Fsp3) is 0.0455. The molecule has 1 heteroatoms. The fourth-order valence-corrected chi connectivity index (χ4v) is 7.16. The van der Waals surface area contributed by atoms with Crippen LogP contribution in [0.2, 0.25) is 0 Å². The van der Waals surface area contributed by atoms with E-state index in [4.69, 9.17) is 4.42 Å². The predicted octanol–water partition coefficient (Wildman–Crippen LogP) is 11.7. The lowest BCUT2D eigenvalue weighted by atomic mass is 9.89. The molecule has 1 aromatic heterocycles. The molecule has 9 rings (SSSR count). The van der Waals surface area contributed by atoms with Gasteiger partial charge >= 0.3 is 0 Å². The van der Waals surface area contributed by atoms with E-state index in [-0.39, 0.29) is 5.92 Å². The number of hydrogen-bond acceptors (Lipinski definition) is 1. The molecule has 0 saturated heterocycles. The minimum Gasteiger partial charge on any atom is -0.456 e. The second-order valence-electron chi connectivity index (χ2n) is 12.1. The molecule has 1 nitrogen and oxygen atoms in total. The van der Waals surface area contributed by atoms with Gasteiger partial charge in [-0.05, 0) is 91.9 Å². The molecule has 0 radical (unpaired) electrons. The van der Waals surface area contributed by atoms with Gasteiger partial charge in [0.15, 0.2) is 0 Å². The summed E-state index contributed by atoms with van der Waals surface area (Å²) in [4.78, 5) is 0. The Morgan fingerprint density at radius 1 is 0.400 bits per heavy atom. The highest BCUT2D eigenvalue weighted by Crippen LogP contribution is 2.49. The average molecular weight is 575 g/mol. The van der Waals surface area contributed by atoms with Crippen LogP contribution < -0.4 is 0 Å². The maximum atomic E-state index is 6.02. The van der Waals surface area contributed by atoms with Gasteiger partial charge in [0.05, 0.1) is 0 Å². The largest absolute Gasteiger partial charge is 0.456 e. The fourth-order valence-electron chi connectivity index (χ4n) is 7.16. The smallest absolute Gasteiger partial charge is 0.135 e.